The van der Waals surface area contributed by atoms with E-state index in [2.05, 4.69) is 15.6 Å². The van der Waals surface area contributed by atoms with Gasteiger partial charge in [0.2, 0.25) is 0 Å². The number of nitrogens with one attached hydrogen (secondary N) is 2. The van der Waals surface area contributed by atoms with Gasteiger partial charge in [0.15, 0.2) is 0 Å². The fraction of sp³-hybridized carbons (Fsp3) is 0.462. The lowest BCUT2D eigenvalue weighted by Gasteiger charge is -2.19. The summed E-state index contributed by atoms with van der Waals surface area (Å²) < 4.78 is 0. The first kappa shape index (κ1) is 12.1. The summed E-state index contributed by atoms with van der Waals surface area (Å²) in [7, 11) is 0. The van der Waals surface area contributed by atoms with E-state index in [9.17, 15) is 9.59 Å². The maximum atomic E-state index is 12.4. The highest BCUT2D eigenvalue weighted by Gasteiger charge is 2.52. The molecule has 1 aromatic heterocycles. The minimum absolute atomic E-state index is 0.135. The molecular formula is C13H16N4O2. The van der Waals surface area contributed by atoms with E-state index in [1.165, 1.54) is 4.90 Å². The zero-order valence-corrected chi connectivity index (χ0v) is 10.8. The van der Waals surface area contributed by atoms with Gasteiger partial charge in [-0.15, -0.1) is 0 Å². The fourth-order valence-electron chi connectivity index (χ4n) is 2.69. The zero-order chi connectivity index (χ0) is 13.5. The number of aromatic nitrogens is 1. The van der Waals surface area contributed by atoms with E-state index in [0.717, 1.165) is 17.7 Å². The van der Waals surface area contributed by atoms with Crippen molar-refractivity contribution < 1.29 is 9.59 Å². The van der Waals surface area contributed by atoms with E-state index < -0.39 is 5.54 Å². The third-order valence-electron chi connectivity index (χ3n) is 3.67. The first-order valence-corrected chi connectivity index (χ1v) is 6.36. The predicted molar refractivity (Wildman–Crippen MR) is 68.3 cm³/mol. The Kier molecular flexibility index (Phi) is 2.74. The van der Waals surface area contributed by atoms with Crippen molar-refractivity contribution in [2.75, 3.05) is 13.1 Å². The number of rotatable bonds is 2. The second-order valence-electron chi connectivity index (χ2n) is 5.20. The molecule has 1 spiro atoms. The van der Waals surface area contributed by atoms with Gasteiger partial charge < -0.3 is 10.6 Å². The Morgan fingerprint density at radius 2 is 2.26 bits per heavy atom. The van der Waals surface area contributed by atoms with E-state index in [1.807, 2.05) is 13.0 Å². The lowest BCUT2D eigenvalue weighted by atomic mass is 9.99. The van der Waals surface area contributed by atoms with Gasteiger partial charge >= 0.3 is 6.03 Å². The van der Waals surface area contributed by atoms with E-state index in [1.54, 1.807) is 12.4 Å². The van der Waals surface area contributed by atoms with Gasteiger partial charge in [-0.05, 0) is 31.0 Å². The molecule has 2 N–H and O–H groups in total. The highest BCUT2D eigenvalue weighted by atomic mass is 16.2. The number of hydrogen-bond donors (Lipinski definition) is 2. The maximum absolute atomic E-state index is 12.4. The number of urea groups is 1. The van der Waals surface area contributed by atoms with Crippen molar-refractivity contribution in [3.8, 4) is 0 Å². The van der Waals surface area contributed by atoms with Crippen LogP contribution in [0.4, 0.5) is 4.79 Å². The molecule has 0 bridgehead atoms. The summed E-state index contributed by atoms with van der Waals surface area (Å²) in [5.74, 6) is -0.135. The van der Waals surface area contributed by atoms with Crippen LogP contribution in [0.15, 0.2) is 18.5 Å². The lowest BCUT2D eigenvalue weighted by molar-refractivity contribution is -0.131. The van der Waals surface area contributed by atoms with Crippen LogP contribution in [0.1, 0.15) is 17.5 Å². The summed E-state index contributed by atoms with van der Waals surface area (Å²) in [5, 5.41) is 5.94. The van der Waals surface area contributed by atoms with Crippen molar-refractivity contribution in [2.24, 2.45) is 0 Å². The van der Waals surface area contributed by atoms with Gasteiger partial charge in [-0.3, -0.25) is 14.7 Å². The first-order valence-electron chi connectivity index (χ1n) is 6.36. The van der Waals surface area contributed by atoms with Crippen LogP contribution in [0.3, 0.4) is 0 Å². The third-order valence-corrected chi connectivity index (χ3v) is 3.67. The standard InChI is InChI=1S/C13H16N4O2/c1-9-4-10(6-15-5-9)7-17-11(18)13(16-12(17)19)2-3-14-8-13/h4-6,14H,2-3,7-8H2,1H3,(H,16,19). The van der Waals surface area contributed by atoms with E-state index >= 15 is 0 Å². The van der Waals surface area contributed by atoms with Crippen LogP contribution in [0, 0.1) is 6.92 Å². The molecule has 0 saturated carbocycles. The van der Waals surface area contributed by atoms with Crippen LogP contribution >= 0.6 is 0 Å². The second kappa shape index (κ2) is 4.31. The van der Waals surface area contributed by atoms with Gasteiger partial charge in [-0.25, -0.2) is 4.79 Å². The second-order valence-corrected chi connectivity index (χ2v) is 5.20. The smallest absolute Gasteiger partial charge is 0.322 e. The Hall–Kier alpha value is -1.95. The van der Waals surface area contributed by atoms with Crippen LogP contribution in [0.25, 0.3) is 0 Å². The molecule has 3 heterocycles. The van der Waals surface area contributed by atoms with Gasteiger partial charge in [0, 0.05) is 18.9 Å². The molecule has 1 aromatic rings. The minimum atomic E-state index is -0.728. The van der Waals surface area contributed by atoms with Crippen LogP contribution in [-0.4, -0.2) is 40.5 Å². The molecule has 100 valence electrons. The average Bonchev–Trinajstić information content (AvgIpc) is 2.92. The highest BCUT2D eigenvalue weighted by molar-refractivity contribution is 6.07. The summed E-state index contributed by atoms with van der Waals surface area (Å²) in [6, 6.07) is 1.63. The molecule has 1 unspecified atom stereocenters. The van der Waals surface area contributed by atoms with E-state index in [0.29, 0.717) is 13.0 Å². The number of pyridine rings is 1. The molecule has 2 aliphatic rings. The Labute approximate surface area is 111 Å². The topological polar surface area (TPSA) is 74.3 Å². The molecule has 3 rings (SSSR count). The summed E-state index contributed by atoms with van der Waals surface area (Å²) in [6.07, 6.45) is 4.09. The zero-order valence-electron chi connectivity index (χ0n) is 10.8. The quantitative estimate of drug-likeness (QED) is 0.744. The van der Waals surface area contributed by atoms with Crippen molar-refractivity contribution >= 4 is 11.9 Å². The summed E-state index contributed by atoms with van der Waals surface area (Å²) in [5.41, 5.74) is 1.15. The Morgan fingerprint density at radius 3 is 2.95 bits per heavy atom. The molecule has 6 heteroatoms. The SMILES string of the molecule is Cc1cncc(CN2C(=O)NC3(CCNC3)C2=O)c1. The van der Waals surface area contributed by atoms with E-state index in [4.69, 9.17) is 0 Å². The van der Waals surface area contributed by atoms with E-state index in [-0.39, 0.29) is 18.5 Å². The molecule has 2 saturated heterocycles. The predicted octanol–water partition coefficient (Wildman–Crippen LogP) is 0.174. The van der Waals surface area contributed by atoms with Crippen LogP contribution in [0.5, 0.6) is 0 Å². The molecule has 0 radical (unpaired) electrons. The number of imide groups is 1. The van der Waals surface area contributed by atoms with Gasteiger partial charge in [0.1, 0.15) is 5.54 Å². The maximum Gasteiger partial charge on any atom is 0.325 e. The lowest BCUT2D eigenvalue weighted by Crippen LogP contribution is -2.48. The van der Waals surface area contributed by atoms with Crippen LogP contribution < -0.4 is 10.6 Å². The number of nitrogens with zero attached hydrogens (tertiary/aromatic N) is 2. The Bertz CT molecular complexity index is 537. The highest BCUT2D eigenvalue weighted by Crippen LogP contribution is 2.25. The summed E-state index contributed by atoms with van der Waals surface area (Å²) in [6.45, 7) is 3.48. The Morgan fingerprint density at radius 1 is 1.42 bits per heavy atom. The summed E-state index contributed by atoms with van der Waals surface area (Å²) in [4.78, 5) is 29.8. The first-order chi connectivity index (χ1) is 9.11. The number of carbonyl (C=O) groups is 2. The molecule has 2 aliphatic heterocycles. The molecule has 19 heavy (non-hydrogen) atoms. The normalized spacial score (nSPS) is 26.3. The largest absolute Gasteiger partial charge is 0.325 e. The van der Waals surface area contributed by atoms with Gasteiger partial charge in [-0.2, -0.15) is 0 Å². The van der Waals surface area contributed by atoms with Gasteiger partial charge in [0.25, 0.3) is 5.91 Å². The molecule has 3 amide bonds. The van der Waals surface area contributed by atoms with Crippen molar-refractivity contribution in [3.63, 3.8) is 0 Å². The fourth-order valence-corrected chi connectivity index (χ4v) is 2.69. The third kappa shape index (κ3) is 1.98. The molecule has 0 aromatic carbocycles. The molecular weight excluding hydrogens is 244 g/mol. The molecule has 6 nitrogen and oxygen atoms in total. The molecule has 0 aliphatic carbocycles. The number of aryl methyl sites for hydroxylation is 1. The molecule has 1 atom stereocenters. The van der Waals surface area contributed by atoms with Crippen molar-refractivity contribution in [2.45, 2.75) is 25.4 Å². The summed E-state index contributed by atoms with van der Waals surface area (Å²) >= 11 is 0. The number of amides is 3. The van der Waals surface area contributed by atoms with Gasteiger partial charge in [-0.1, -0.05) is 6.07 Å². The van der Waals surface area contributed by atoms with Crippen LogP contribution in [-0.2, 0) is 11.3 Å². The average molecular weight is 260 g/mol. The number of hydrogen-bond acceptors (Lipinski definition) is 4. The van der Waals surface area contributed by atoms with Crippen molar-refractivity contribution in [3.05, 3.63) is 29.6 Å². The monoisotopic (exact) mass is 260 g/mol. The minimum Gasteiger partial charge on any atom is -0.322 e. The molecule has 2 fully saturated rings. The number of carbonyl (C=O) groups excluding carboxylic acids is 2. The Balaban J connectivity index is 1.82. The van der Waals surface area contributed by atoms with Gasteiger partial charge in [0.05, 0.1) is 6.54 Å². The van der Waals surface area contributed by atoms with Crippen molar-refractivity contribution in [1.82, 2.24) is 20.5 Å². The van der Waals surface area contributed by atoms with Crippen LogP contribution in [0.2, 0.25) is 0 Å². The van der Waals surface area contributed by atoms with Crippen molar-refractivity contribution in [1.29, 1.82) is 0 Å².